The molecule has 0 saturated heterocycles. The van der Waals surface area contributed by atoms with Crippen molar-refractivity contribution in [1.29, 1.82) is 0 Å². The Morgan fingerprint density at radius 3 is 2.38 bits per heavy atom. The highest BCUT2D eigenvalue weighted by Crippen LogP contribution is 2.34. The zero-order chi connectivity index (χ0) is 21.9. The average Bonchev–Trinajstić information content (AvgIpc) is 2.70. The Hall–Kier alpha value is -2.79. The molecule has 7 heteroatoms. The van der Waals surface area contributed by atoms with E-state index in [0.717, 1.165) is 5.57 Å². The molecular formula is C22H31N3O4. The van der Waals surface area contributed by atoms with Crippen molar-refractivity contribution in [2.45, 2.75) is 47.0 Å². The second-order valence-electron chi connectivity index (χ2n) is 7.75. The van der Waals surface area contributed by atoms with Gasteiger partial charge >= 0.3 is 11.9 Å². The first-order valence-corrected chi connectivity index (χ1v) is 9.77. The second-order valence-corrected chi connectivity index (χ2v) is 7.75. The van der Waals surface area contributed by atoms with E-state index < -0.39 is 11.4 Å². The van der Waals surface area contributed by atoms with E-state index in [1.807, 2.05) is 39.0 Å². The van der Waals surface area contributed by atoms with Crippen LogP contribution >= 0.6 is 0 Å². The molecule has 0 aromatic heterocycles. The number of ether oxygens (including phenoxy) is 2. The van der Waals surface area contributed by atoms with Crippen molar-refractivity contribution in [3.05, 3.63) is 58.0 Å². The number of esters is 2. The monoisotopic (exact) mass is 401 g/mol. The van der Waals surface area contributed by atoms with E-state index in [1.54, 1.807) is 0 Å². The molecule has 0 aliphatic heterocycles. The molecule has 0 bridgehead atoms. The molecule has 1 unspecified atom stereocenters. The van der Waals surface area contributed by atoms with Gasteiger partial charge in [0.25, 0.3) is 0 Å². The molecule has 7 nitrogen and oxygen atoms in total. The summed E-state index contributed by atoms with van der Waals surface area (Å²) in [5.74, 6) is -0.325. The van der Waals surface area contributed by atoms with Crippen LogP contribution in [0.2, 0.25) is 0 Å². The third-order valence-corrected chi connectivity index (χ3v) is 4.88. The fourth-order valence-corrected chi connectivity index (χ4v) is 2.71. The number of rotatable bonds is 11. The van der Waals surface area contributed by atoms with Crippen LogP contribution in [0.15, 0.2) is 47.1 Å². The van der Waals surface area contributed by atoms with Gasteiger partial charge in [0.15, 0.2) is 0 Å². The zero-order valence-corrected chi connectivity index (χ0v) is 17.9. The SMILES string of the molecule is C/C(=C\C(c1ccccc1)C(C)C)C(C)(C)C(=O)OCCCOC(=O)CN=[N+]=[N-]. The average molecular weight is 402 g/mol. The molecule has 0 aliphatic rings. The van der Waals surface area contributed by atoms with Crippen molar-refractivity contribution in [2.75, 3.05) is 19.8 Å². The van der Waals surface area contributed by atoms with Gasteiger partial charge in [-0.3, -0.25) is 9.59 Å². The molecule has 0 aliphatic carbocycles. The Morgan fingerprint density at radius 2 is 1.79 bits per heavy atom. The summed E-state index contributed by atoms with van der Waals surface area (Å²) < 4.78 is 10.3. The zero-order valence-electron chi connectivity index (χ0n) is 17.9. The summed E-state index contributed by atoms with van der Waals surface area (Å²) in [4.78, 5) is 26.3. The number of carbonyl (C=O) groups excluding carboxylic acids is 2. The van der Waals surface area contributed by atoms with Gasteiger partial charge < -0.3 is 9.47 Å². The van der Waals surface area contributed by atoms with Crippen LogP contribution in [0.4, 0.5) is 0 Å². The molecular weight excluding hydrogens is 370 g/mol. The lowest BCUT2D eigenvalue weighted by molar-refractivity contribution is -0.152. The Balaban J connectivity index is 2.64. The summed E-state index contributed by atoms with van der Waals surface area (Å²) >= 11 is 0. The first-order chi connectivity index (χ1) is 13.7. The Morgan fingerprint density at radius 1 is 1.17 bits per heavy atom. The van der Waals surface area contributed by atoms with Gasteiger partial charge in [-0.1, -0.05) is 60.9 Å². The van der Waals surface area contributed by atoms with Gasteiger partial charge in [0.1, 0.15) is 6.54 Å². The smallest absolute Gasteiger partial charge is 0.315 e. The van der Waals surface area contributed by atoms with Gasteiger partial charge in [-0.2, -0.15) is 0 Å². The first kappa shape index (κ1) is 24.2. The van der Waals surface area contributed by atoms with Crippen molar-refractivity contribution < 1.29 is 19.1 Å². The van der Waals surface area contributed by atoms with Gasteiger partial charge in [0, 0.05) is 17.3 Å². The maximum Gasteiger partial charge on any atom is 0.315 e. The summed E-state index contributed by atoms with van der Waals surface area (Å²) in [6.07, 6.45) is 2.53. The normalized spacial score (nSPS) is 12.8. The molecule has 29 heavy (non-hydrogen) atoms. The number of hydrogen-bond acceptors (Lipinski definition) is 5. The first-order valence-electron chi connectivity index (χ1n) is 9.77. The third-order valence-electron chi connectivity index (χ3n) is 4.88. The molecule has 0 fully saturated rings. The predicted octanol–water partition coefficient (Wildman–Crippen LogP) is 5.19. The number of benzene rings is 1. The van der Waals surface area contributed by atoms with Crippen LogP contribution in [0.25, 0.3) is 10.4 Å². The molecule has 0 saturated carbocycles. The van der Waals surface area contributed by atoms with E-state index in [1.165, 1.54) is 5.56 Å². The molecule has 1 aromatic rings. The van der Waals surface area contributed by atoms with E-state index >= 15 is 0 Å². The lowest BCUT2D eigenvalue weighted by Crippen LogP contribution is -2.29. The number of nitrogens with zero attached hydrogens (tertiary/aromatic N) is 3. The lowest BCUT2D eigenvalue weighted by atomic mass is 9.79. The quantitative estimate of drug-likeness (QED) is 0.127. The van der Waals surface area contributed by atoms with Crippen molar-refractivity contribution in [3.63, 3.8) is 0 Å². The van der Waals surface area contributed by atoms with Crippen molar-refractivity contribution >= 4 is 11.9 Å². The second kappa shape index (κ2) is 11.9. The van der Waals surface area contributed by atoms with Gasteiger partial charge in [0.2, 0.25) is 0 Å². The topological polar surface area (TPSA) is 101 Å². The van der Waals surface area contributed by atoms with Gasteiger partial charge in [-0.25, -0.2) is 0 Å². The van der Waals surface area contributed by atoms with E-state index in [2.05, 4.69) is 42.1 Å². The Labute approximate surface area is 172 Å². The summed E-state index contributed by atoms with van der Waals surface area (Å²) in [7, 11) is 0. The lowest BCUT2D eigenvalue weighted by Gasteiger charge is -2.27. The van der Waals surface area contributed by atoms with Crippen LogP contribution in [0, 0.1) is 11.3 Å². The minimum atomic E-state index is -0.764. The van der Waals surface area contributed by atoms with E-state index in [0.29, 0.717) is 12.3 Å². The summed E-state index contributed by atoms with van der Waals surface area (Å²) in [5, 5.41) is 3.12. The fourth-order valence-electron chi connectivity index (χ4n) is 2.71. The molecule has 0 N–H and O–H groups in total. The molecule has 1 rings (SSSR count). The van der Waals surface area contributed by atoms with Crippen LogP contribution in [0.5, 0.6) is 0 Å². The van der Waals surface area contributed by atoms with E-state index in [4.69, 9.17) is 15.0 Å². The molecule has 0 radical (unpaired) electrons. The summed E-state index contributed by atoms with van der Waals surface area (Å²) in [5.41, 5.74) is 9.55. The highest BCUT2D eigenvalue weighted by atomic mass is 16.5. The van der Waals surface area contributed by atoms with E-state index in [9.17, 15) is 9.59 Å². The molecule has 0 amide bonds. The van der Waals surface area contributed by atoms with Crippen molar-refractivity contribution in [1.82, 2.24) is 0 Å². The summed E-state index contributed by atoms with van der Waals surface area (Å²) in [6.45, 7) is 9.89. The Bertz CT molecular complexity index is 751. The largest absolute Gasteiger partial charge is 0.465 e. The van der Waals surface area contributed by atoms with Crippen LogP contribution in [-0.4, -0.2) is 31.7 Å². The van der Waals surface area contributed by atoms with Crippen LogP contribution in [0.1, 0.15) is 52.5 Å². The maximum absolute atomic E-state index is 12.6. The maximum atomic E-state index is 12.6. The minimum Gasteiger partial charge on any atom is -0.465 e. The number of allylic oxidation sites excluding steroid dienone is 1. The molecule has 0 spiro atoms. The van der Waals surface area contributed by atoms with E-state index in [-0.39, 0.29) is 31.6 Å². The van der Waals surface area contributed by atoms with Crippen LogP contribution < -0.4 is 0 Å². The van der Waals surface area contributed by atoms with Gasteiger partial charge in [-0.15, -0.1) is 0 Å². The molecule has 0 heterocycles. The van der Waals surface area contributed by atoms with Gasteiger partial charge in [-0.05, 0) is 37.8 Å². The highest BCUT2D eigenvalue weighted by molar-refractivity contribution is 5.79. The Kier molecular flexibility index (Phi) is 9.97. The minimum absolute atomic E-state index is 0.103. The number of azide groups is 1. The third kappa shape index (κ3) is 8.00. The number of hydrogen-bond donors (Lipinski definition) is 0. The molecule has 158 valence electrons. The van der Waals surface area contributed by atoms with Crippen molar-refractivity contribution in [2.24, 2.45) is 16.4 Å². The van der Waals surface area contributed by atoms with Crippen molar-refractivity contribution in [3.8, 4) is 0 Å². The van der Waals surface area contributed by atoms with Crippen LogP contribution in [0.3, 0.4) is 0 Å². The number of carbonyl (C=O) groups is 2. The summed E-state index contributed by atoms with van der Waals surface area (Å²) in [6, 6.07) is 10.2. The molecule has 1 atom stereocenters. The fraction of sp³-hybridized carbons (Fsp3) is 0.545. The van der Waals surface area contributed by atoms with Gasteiger partial charge in [0.05, 0.1) is 18.6 Å². The standard InChI is InChI=1S/C22H31N3O4/c1-16(2)19(18-10-7-6-8-11-18)14-17(3)22(4,5)21(27)29-13-9-12-28-20(26)15-24-25-23/h6-8,10-11,14,16,19H,9,12-13,15H2,1-5H3/b17-14+. The predicted molar refractivity (Wildman–Crippen MR) is 112 cm³/mol. The molecule has 1 aromatic carbocycles. The van der Waals surface area contributed by atoms with Crippen LogP contribution in [-0.2, 0) is 19.1 Å². The highest BCUT2D eigenvalue weighted by Gasteiger charge is 2.32.